The Hall–Kier alpha value is -0.0900. The van der Waals surface area contributed by atoms with Gasteiger partial charge in [-0.3, -0.25) is 0 Å². The van der Waals surface area contributed by atoms with Crippen LogP contribution in [0.1, 0.15) is 40.0 Å². The molecule has 92 valence electrons. The van der Waals surface area contributed by atoms with E-state index in [2.05, 4.69) is 26.1 Å². The Morgan fingerprint density at radius 2 is 1.87 bits per heavy atom. The first-order valence-electron chi connectivity index (χ1n) is 5.81. The van der Waals surface area contributed by atoms with E-state index in [1.54, 1.807) is 0 Å². The van der Waals surface area contributed by atoms with Gasteiger partial charge in [-0.2, -0.15) is 0 Å². The molecule has 0 rings (SSSR count). The fourth-order valence-corrected chi connectivity index (χ4v) is 2.48. The van der Waals surface area contributed by atoms with Crippen LogP contribution in [0.4, 0.5) is 0 Å². The van der Waals surface area contributed by atoms with Crippen LogP contribution in [-0.4, -0.2) is 33.0 Å². The predicted molar refractivity (Wildman–Crippen MR) is 65.9 cm³/mol. The van der Waals surface area contributed by atoms with E-state index >= 15 is 0 Å². The normalized spacial score (nSPS) is 16.3. The SMILES string of the molecule is CCCNC(CC)C(C)CCS(C)(=O)=O. The molecule has 0 fully saturated rings. The zero-order valence-corrected chi connectivity index (χ0v) is 11.2. The molecule has 0 bridgehead atoms. The average molecular weight is 235 g/mol. The number of sulfone groups is 1. The van der Waals surface area contributed by atoms with E-state index in [0.717, 1.165) is 25.8 Å². The molecule has 2 atom stereocenters. The number of hydrogen-bond acceptors (Lipinski definition) is 3. The first-order valence-corrected chi connectivity index (χ1v) is 7.87. The van der Waals surface area contributed by atoms with E-state index in [9.17, 15) is 8.42 Å². The summed E-state index contributed by atoms with van der Waals surface area (Å²) in [5.74, 6) is 0.731. The molecule has 3 nitrogen and oxygen atoms in total. The average Bonchev–Trinajstić information content (AvgIpc) is 2.15. The first kappa shape index (κ1) is 14.9. The van der Waals surface area contributed by atoms with Crippen LogP contribution in [0.3, 0.4) is 0 Å². The lowest BCUT2D eigenvalue weighted by atomic mass is 9.97. The minimum atomic E-state index is -2.81. The summed E-state index contributed by atoms with van der Waals surface area (Å²) in [7, 11) is -2.81. The van der Waals surface area contributed by atoms with E-state index in [-0.39, 0.29) is 0 Å². The molecule has 0 aliphatic carbocycles. The molecule has 0 aliphatic heterocycles. The maximum Gasteiger partial charge on any atom is 0.147 e. The second-order valence-corrected chi connectivity index (χ2v) is 6.62. The molecule has 0 aromatic carbocycles. The van der Waals surface area contributed by atoms with Crippen molar-refractivity contribution in [2.75, 3.05) is 18.6 Å². The van der Waals surface area contributed by atoms with E-state index in [1.165, 1.54) is 6.26 Å². The summed E-state index contributed by atoms with van der Waals surface area (Å²) in [5.41, 5.74) is 0. The third kappa shape index (κ3) is 7.79. The van der Waals surface area contributed by atoms with Gasteiger partial charge in [0.05, 0.1) is 5.75 Å². The molecule has 0 spiro atoms. The van der Waals surface area contributed by atoms with Gasteiger partial charge in [0.15, 0.2) is 0 Å². The molecular formula is C11H25NO2S. The molecule has 0 radical (unpaired) electrons. The van der Waals surface area contributed by atoms with Gasteiger partial charge in [0.25, 0.3) is 0 Å². The summed E-state index contributed by atoms with van der Waals surface area (Å²) in [5, 5.41) is 3.46. The minimum Gasteiger partial charge on any atom is -0.314 e. The van der Waals surface area contributed by atoms with Gasteiger partial charge < -0.3 is 5.32 Å². The zero-order valence-electron chi connectivity index (χ0n) is 10.4. The lowest BCUT2D eigenvalue weighted by molar-refractivity contribution is 0.358. The summed E-state index contributed by atoms with van der Waals surface area (Å²) < 4.78 is 22.1. The molecule has 2 unspecified atom stereocenters. The molecular weight excluding hydrogens is 210 g/mol. The second kappa shape index (κ2) is 7.23. The van der Waals surface area contributed by atoms with Gasteiger partial charge in [0.2, 0.25) is 0 Å². The van der Waals surface area contributed by atoms with Crippen LogP contribution >= 0.6 is 0 Å². The van der Waals surface area contributed by atoms with Crippen molar-refractivity contribution in [2.24, 2.45) is 5.92 Å². The van der Waals surface area contributed by atoms with Crippen molar-refractivity contribution in [2.45, 2.75) is 46.1 Å². The summed E-state index contributed by atoms with van der Waals surface area (Å²) in [6.07, 6.45) is 4.24. The van der Waals surface area contributed by atoms with Crippen molar-refractivity contribution in [1.29, 1.82) is 0 Å². The molecule has 0 amide bonds. The summed E-state index contributed by atoms with van der Waals surface area (Å²) in [6.45, 7) is 7.43. The van der Waals surface area contributed by atoms with Crippen LogP contribution in [0.2, 0.25) is 0 Å². The number of rotatable bonds is 8. The smallest absolute Gasteiger partial charge is 0.147 e. The maximum atomic E-state index is 11.0. The van der Waals surface area contributed by atoms with Crippen LogP contribution in [0.15, 0.2) is 0 Å². The molecule has 0 saturated carbocycles. The Kier molecular flexibility index (Phi) is 7.18. The molecule has 0 heterocycles. The minimum absolute atomic E-state index is 0.304. The molecule has 0 aromatic rings. The van der Waals surface area contributed by atoms with Crippen molar-refractivity contribution >= 4 is 9.84 Å². The Labute approximate surface area is 94.6 Å². The van der Waals surface area contributed by atoms with Crippen molar-refractivity contribution in [3.05, 3.63) is 0 Å². The first-order chi connectivity index (χ1) is 6.90. The lowest BCUT2D eigenvalue weighted by Gasteiger charge is -2.23. The van der Waals surface area contributed by atoms with Crippen LogP contribution in [0.5, 0.6) is 0 Å². The Balaban J connectivity index is 3.98. The molecule has 0 aliphatic rings. The van der Waals surface area contributed by atoms with Gasteiger partial charge >= 0.3 is 0 Å². The highest BCUT2D eigenvalue weighted by Gasteiger charge is 2.16. The highest BCUT2D eigenvalue weighted by Crippen LogP contribution is 2.12. The number of nitrogens with one attached hydrogen (secondary N) is 1. The molecule has 1 N–H and O–H groups in total. The molecule has 15 heavy (non-hydrogen) atoms. The van der Waals surface area contributed by atoms with Crippen molar-refractivity contribution in [1.82, 2.24) is 5.32 Å². The van der Waals surface area contributed by atoms with E-state index in [0.29, 0.717) is 17.7 Å². The van der Waals surface area contributed by atoms with Crippen molar-refractivity contribution < 1.29 is 8.42 Å². The fourth-order valence-electron chi connectivity index (χ4n) is 1.68. The Morgan fingerprint density at radius 3 is 2.27 bits per heavy atom. The topological polar surface area (TPSA) is 46.2 Å². The van der Waals surface area contributed by atoms with Crippen LogP contribution in [0, 0.1) is 5.92 Å². The third-order valence-corrected chi connectivity index (χ3v) is 3.70. The largest absolute Gasteiger partial charge is 0.314 e. The predicted octanol–water partition coefficient (Wildman–Crippen LogP) is 1.84. The zero-order chi connectivity index (χ0) is 11.9. The van der Waals surface area contributed by atoms with Gasteiger partial charge in [0.1, 0.15) is 9.84 Å². The number of hydrogen-bond donors (Lipinski definition) is 1. The van der Waals surface area contributed by atoms with Gasteiger partial charge in [-0.25, -0.2) is 8.42 Å². The van der Waals surface area contributed by atoms with Crippen LogP contribution in [-0.2, 0) is 9.84 Å². The van der Waals surface area contributed by atoms with Gasteiger partial charge in [-0.1, -0.05) is 20.8 Å². The summed E-state index contributed by atoms with van der Waals surface area (Å²) >= 11 is 0. The van der Waals surface area contributed by atoms with Crippen LogP contribution in [0.25, 0.3) is 0 Å². The fraction of sp³-hybridized carbons (Fsp3) is 1.00. The van der Waals surface area contributed by atoms with E-state index < -0.39 is 9.84 Å². The third-order valence-electron chi connectivity index (χ3n) is 2.73. The highest BCUT2D eigenvalue weighted by molar-refractivity contribution is 7.90. The van der Waals surface area contributed by atoms with E-state index in [1.807, 2.05) is 0 Å². The van der Waals surface area contributed by atoms with Crippen LogP contribution < -0.4 is 5.32 Å². The molecule has 0 aromatic heterocycles. The Bertz CT molecular complexity index is 249. The monoisotopic (exact) mass is 235 g/mol. The lowest BCUT2D eigenvalue weighted by Crippen LogP contribution is -2.35. The summed E-state index contributed by atoms with van der Waals surface area (Å²) in [4.78, 5) is 0. The van der Waals surface area contributed by atoms with Gasteiger partial charge in [-0.05, 0) is 31.7 Å². The standard InChI is InChI=1S/C11H25NO2S/c1-5-8-12-11(6-2)10(3)7-9-15(4,13)14/h10-12H,5-9H2,1-4H3. The highest BCUT2D eigenvalue weighted by atomic mass is 32.2. The second-order valence-electron chi connectivity index (χ2n) is 4.36. The van der Waals surface area contributed by atoms with Crippen molar-refractivity contribution in [3.63, 3.8) is 0 Å². The maximum absolute atomic E-state index is 11.0. The Morgan fingerprint density at radius 1 is 1.27 bits per heavy atom. The van der Waals surface area contributed by atoms with Gasteiger partial charge in [-0.15, -0.1) is 0 Å². The molecule has 0 saturated heterocycles. The van der Waals surface area contributed by atoms with Crippen molar-refractivity contribution in [3.8, 4) is 0 Å². The molecule has 4 heteroatoms. The van der Waals surface area contributed by atoms with E-state index in [4.69, 9.17) is 0 Å². The quantitative estimate of drug-likeness (QED) is 0.698. The van der Waals surface area contributed by atoms with Gasteiger partial charge in [0, 0.05) is 12.3 Å². The summed E-state index contributed by atoms with van der Waals surface area (Å²) in [6, 6.07) is 0.451.